The van der Waals surface area contributed by atoms with Crippen molar-refractivity contribution in [1.82, 2.24) is 0 Å². The average Bonchev–Trinajstić information content (AvgIpc) is 2.06. The molecule has 2 N–H and O–H groups in total. The third-order valence-corrected chi connectivity index (χ3v) is 2.05. The lowest BCUT2D eigenvalue weighted by Gasteiger charge is -2.22. The van der Waals surface area contributed by atoms with Crippen molar-refractivity contribution in [2.75, 3.05) is 0 Å². The van der Waals surface area contributed by atoms with E-state index in [1.807, 2.05) is 12.2 Å². The molecule has 2 aliphatic rings. The standard InChI is InChI=1S/C9H10N2/c10-9-8-4-2-1-3-7(8)5-6-11-9/h1-8H,(H2,10,11). The first-order valence-corrected chi connectivity index (χ1v) is 3.73. The van der Waals surface area contributed by atoms with E-state index in [1.165, 1.54) is 0 Å². The fraction of sp³-hybridized carbons (Fsp3) is 0.222. The van der Waals surface area contributed by atoms with Gasteiger partial charge < -0.3 is 5.73 Å². The fourth-order valence-corrected chi connectivity index (χ4v) is 1.42. The van der Waals surface area contributed by atoms with Crippen LogP contribution in [0.25, 0.3) is 0 Å². The predicted octanol–water partition coefficient (Wildman–Crippen LogP) is 1.23. The molecule has 0 saturated heterocycles. The third kappa shape index (κ3) is 1.00. The van der Waals surface area contributed by atoms with Crippen LogP contribution >= 0.6 is 0 Å². The van der Waals surface area contributed by atoms with Gasteiger partial charge in [-0.1, -0.05) is 30.4 Å². The highest BCUT2D eigenvalue weighted by atomic mass is 14.9. The second-order valence-corrected chi connectivity index (χ2v) is 2.77. The van der Waals surface area contributed by atoms with Crippen molar-refractivity contribution in [2.45, 2.75) is 0 Å². The van der Waals surface area contributed by atoms with Crippen LogP contribution in [-0.4, -0.2) is 5.84 Å². The molecule has 2 unspecified atom stereocenters. The Labute approximate surface area is 65.8 Å². The molecular weight excluding hydrogens is 136 g/mol. The van der Waals surface area contributed by atoms with E-state index in [-0.39, 0.29) is 0 Å². The van der Waals surface area contributed by atoms with Gasteiger partial charge in [0.1, 0.15) is 5.84 Å². The second-order valence-electron chi connectivity index (χ2n) is 2.77. The van der Waals surface area contributed by atoms with Crippen LogP contribution in [-0.2, 0) is 0 Å². The Morgan fingerprint density at radius 2 is 2.00 bits per heavy atom. The molecule has 2 atom stereocenters. The average molecular weight is 146 g/mol. The molecule has 0 aromatic carbocycles. The summed E-state index contributed by atoms with van der Waals surface area (Å²) in [6.07, 6.45) is 12.1. The summed E-state index contributed by atoms with van der Waals surface area (Å²) in [4.78, 5) is 4.04. The van der Waals surface area contributed by atoms with Crippen LogP contribution in [0.15, 0.2) is 41.6 Å². The highest BCUT2D eigenvalue weighted by molar-refractivity contribution is 5.86. The highest BCUT2D eigenvalue weighted by Gasteiger charge is 2.21. The summed E-state index contributed by atoms with van der Waals surface area (Å²) >= 11 is 0. The maximum absolute atomic E-state index is 5.70. The van der Waals surface area contributed by atoms with E-state index in [4.69, 9.17) is 5.73 Å². The number of fused-ring (bicyclic) bond motifs is 1. The largest absolute Gasteiger partial charge is 0.387 e. The zero-order chi connectivity index (χ0) is 7.68. The van der Waals surface area contributed by atoms with Gasteiger partial charge in [0.05, 0.1) is 0 Å². The van der Waals surface area contributed by atoms with Gasteiger partial charge in [0.25, 0.3) is 0 Å². The topological polar surface area (TPSA) is 38.4 Å². The van der Waals surface area contributed by atoms with Gasteiger partial charge in [-0.25, -0.2) is 4.99 Å². The van der Waals surface area contributed by atoms with Crippen LogP contribution in [0.5, 0.6) is 0 Å². The number of nitrogens with two attached hydrogens (primary N) is 1. The van der Waals surface area contributed by atoms with Gasteiger partial charge in [-0.3, -0.25) is 0 Å². The van der Waals surface area contributed by atoms with Gasteiger partial charge in [-0.15, -0.1) is 0 Å². The predicted molar refractivity (Wildman–Crippen MR) is 46.0 cm³/mol. The molecule has 0 aromatic rings. The molecule has 0 radical (unpaired) electrons. The minimum atomic E-state index is 0.296. The van der Waals surface area contributed by atoms with Crippen LogP contribution in [0.1, 0.15) is 0 Å². The van der Waals surface area contributed by atoms with Crippen LogP contribution in [0, 0.1) is 11.8 Å². The molecule has 56 valence electrons. The zero-order valence-corrected chi connectivity index (χ0v) is 6.14. The van der Waals surface area contributed by atoms with E-state index < -0.39 is 0 Å². The number of hydrogen-bond acceptors (Lipinski definition) is 2. The van der Waals surface area contributed by atoms with Crippen LogP contribution in [0.4, 0.5) is 0 Å². The Morgan fingerprint density at radius 3 is 2.82 bits per heavy atom. The van der Waals surface area contributed by atoms with E-state index in [1.54, 1.807) is 6.20 Å². The van der Waals surface area contributed by atoms with Crippen molar-refractivity contribution in [3.05, 3.63) is 36.6 Å². The molecule has 0 bridgehead atoms. The van der Waals surface area contributed by atoms with Gasteiger partial charge in [-0.05, 0) is 0 Å². The molecule has 1 aliphatic heterocycles. The Kier molecular flexibility index (Phi) is 1.39. The van der Waals surface area contributed by atoms with E-state index in [9.17, 15) is 0 Å². The first kappa shape index (κ1) is 6.40. The summed E-state index contributed by atoms with van der Waals surface area (Å²) < 4.78 is 0. The summed E-state index contributed by atoms with van der Waals surface area (Å²) in [5.41, 5.74) is 5.70. The number of hydrogen-bond donors (Lipinski definition) is 1. The van der Waals surface area contributed by atoms with Crippen LogP contribution < -0.4 is 5.73 Å². The number of nitrogens with zero attached hydrogens (tertiary/aromatic N) is 1. The summed E-state index contributed by atoms with van der Waals surface area (Å²) in [6.45, 7) is 0. The maximum atomic E-state index is 5.70. The van der Waals surface area contributed by atoms with E-state index in [2.05, 4.69) is 23.2 Å². The molecule has 0 aromatic heterocycles. The molecular formula is C9H10N2. The van der Waals surface area contributed by atoms with Crippen molar-refractivity contribution < 1.29 is 0 Å². The van der Waals surface area contributed by atoms with Crippen molar-refractivity contribution >= 4 is 5.84 Å². The fourth-order valence-electron chi connectivity index (χ4n) is 1.42. The zero-order valence-electron chi connectivity index (χ0n) is 6.14. The summed E-state index contributed by atoms with van der Waals surface area (Å²) in [6, 6.07) is 0. The van der Waals surface area contributed by atoms with Crippen molar-refractivity contribution in [1.29, 1.82) is 0 Å². The van der Waals surface area contributed by atoms with Gasteiger partial charge in [0.15, 0.2) is 0 Å². The van der Waals surface area contributed by atoms with E-state index in [0.29, 0.717) is 11.8 Å². The number of allylic oxidation sites excluding steroid dienone is 4. The summed E-state index contributed by atoms with van der Waals surface area (Å²) in [5.74, 6) is 1.44. The second kappa shape index (κ2) is 2.38. The molecule has 11 heavy (non-hydrogen) atoms. The van der Waals surface area contributed by atoms with Gasteiger partial charge >= 0.3 is 0 Å². The summed E-state index contributed by atoms with van der Waals surface area (Å²) in [5, 5.41) is 0. The SMILES string of the molecule is NC1=NC=CC2C=CC=CC12. The first-order valence-electron chi connectivity index (χ1n) is 3.73. The lowest BCUT2D eigenvalue weighted by Crippen LogP contribution is -2.29. The van der Waals surface area contributed by atoms with Gasteiger partial charge in [0, 0.05) is 18.0 Å². The monoisotopic (exact) mass is 146 g/mol. The third-order valence-electron chi connectivity index (χ3n) is 2.05. The molecule has 0 amide bonds. The van der Waals surface area contributed by atoms with E-state index in [0.717, 1.165) is 5.84 Å². The highest BCUT2D eigenvalue weighted by Crippen LogP contribution is 2.23. The minimum Gasteiger partial charge on any atom is -0.387 e. The lowest BCUT2D eigenvalue weighted by atomic mass is 9.86. The molecule has 0 spiro atoms. The van der Waals surface area contributed by atoms with Crippen molar-refractivity contribution in [2.24, 2.45) is 22.6 Å². The van der Waals surface area contributed by atoms with Gasteiger partial charge in [-0.2, -0.15) is 0 Å². The molecule has 0 saturated carbocycles. The molecule has 1 heterocycles. The lowest BCUT2D eigenvalue weighted by molar-refractivity contribution is 0.685. The number of aliphatic imine (C=N–C) groups is 1. The normalized spacial score (nSPS) is 33.3. The number of amidine groups is 1. The maximum Gasteiger partial charge on any atom is 0.107 e. The molecule has 2 rings (SSSR count). The van der Waals surface area contributed by atoms with E-state index >= 15 is 0 Å². The first-order chi connectivity index (χ1) is 5.38. The Morgan fingerprint density at radius 1 is 1.18 bits per heavy atom. The smallest absolute Gasteiger partial charge is 0.107 e. The Hall–Kier alpha value is -1.31. The molecule has 1 aliphatic carbocycles. The van der Waals surface area contributed by atoms with Crippen molar-refractivity contribution in [3.63, 3.8) is 0 Å². The minimum absolute atomic E-state index is 0.296. The van der Waals surface area contributed by atoms with Crippen LogP contribution in [0.3, 0.4) is 0 Å². The van der Waals surface area contributed by atoms with Crippen LogP contribution in [0.2, 0.25) is 0 Å². The Balaban J connectivity index is 2.33. The molecule has 2 heteroatoms. The molecule has 2 nitrogen and oxygen atoms in total. The Bertz CT molecular complexity index is 271. The van der Waals surface area contributed by atoms with Crippen molar-refractivity contribution in [3.8, 4) is 0 Å². The number of rotatable bonds is 0. The van der Waals surface area contributed by atoms with Gasteiger partial charge in [0.2, 0.25) is 0 Å². The summed E-state index contributed by atoms with van der Waals surface area (Å²) in [7, 11) is 0. The molecule has 0 fully saturated rings. The quantitative estimate of drug-likeness (QED) is 0.548.